The van der Waals surface area contributed by atoms with Crippen molar-refractivity contribution in [2.24, 2.45) is 0 Å². The van der Waals surface area contributed by atoms with Gasteiger partial charge in [-0.1, -0.05) is 0 Å². The van der Waals surface area contributed by atoms with Crippen LogP contribution in [0, 0.1) is 5.82 Å². The highest BCUT2D eigenvalue weighted by Gasteiger charge is 2.01. The Bertz CT molecular complexity index is 555. The average molecular weight is 261 g/mol. The van der Waals surface area contributed by atoms with Crippen LogP contribution < -0.4 is 10.6 Å². The number of carbonyl (C=O) groups is 1. The summed E-state index contributed by atoms with van der Waals surface area (Å²) in [4.78, 5) is 15.0. The summed E-state index contributed by atoms with van der Waals surface area (Å²) in [5, 5.41) is 5.49. The monoisotopic (exact) mass is 261 g/mol. The van der Waals surface area contributed by atoms with Crippen molar-refractivity contribution in [1.82, 2.24) is 4.98 Å². The van der Waals surface area contributed by atoms with E-state index >= 15 is 0 Å². The van der Waals surface area contributed by atoms with Crippen molar-refractivity contribution < 1.29 is 13.9 Å². The molecular formula is C13H12FN3O2. The predicted molar refractivity (Wildman–Crippen MR) is 69.9 cm³/mol. The van der Waals surface area contributed by atoms with E-state index in [4.69, 9.17) is 0 Å². The van der Waals surface area contributed by atoms with Crippen molar-refractivity contribution >= 4 is 23.3 Å². The third-order valence-electron chi connectivity index (χ3n) is 2.31. The van der Waals surface area contributed by atoms with E-state index in [2.05, 4.69) is 20.4 Å². The number of aromatic nitrogens is 1. The van der Waals surface area contributed by atoms with Gasteiger partial charge in [-0.2, -0.15) is 0 Å². The molecule has 0 aliphatic rings. The minimum Gasteiger partial charge on any atom is -0.453 e. The van der Waals surface area contributed by atoms with Crippen molar-refractivity contribution in [3.05, 3.63) is 48.4 Å². The largest absolute Gasteiger partial charge is 0.453 e. The van der Waals surface area contributed by atoms with Crippen LogP contribution in [0.1, 0.15) is 0 Å². The van der Waals surface area contributed by atoms with Gasteiger partial charge in [0.2, 0.25) is 0 Å². The second-order valence-electron chi connectivity index (χ2n) is 3.68. The Morgan fingerprint density at radius 2 is 1.84 bits per heavy atom. The SMILES string of the molecule is COC(=O)Nc1ccc(Nc2ccc(F)cc2)cn1. The highest BCUT2D eigenvalue weighted by Crippen LogP contribution is 2.17. The zero-order valence-electron chi connectivity index (χ0n) is 10.2. The number of carbonyl (C=O) groups excluding carboxylic acids is 1. The lowest BCUT2D eigenvalue weighted by molar-refractivity contribution is 0.187. The molecule has 0 radical (unpaired) electrons. The van der Waals surface area contributed by atoms with Gasteiger partial charge in [-0.15, -0.1) is 0 Å². The number of nitrogens with one attached hydrogen (secondary N) is 2. The zero-order chi connectivity index (χ0) is 13.7. The second-order valence-corrected chi connectivity index (χ2v) is 3.68. The number of halogens is 1. The Labute approximate surface area is 109 Å². The van der Waals surface area contributed by atoms with Crippen LogP contribution in [0.5, 0.6) is 0 Å². The Balaban J connectivity index is 2.02. The summed E-state index contributed by atoms with van der Waals surface area (Å²) in [6.45, 7) is 0. The predicted octanol–water partition coefficient (Wildman–Crippen LogP) is 3.14. The van der Waals surface area contributed by atoms with Crippen LogP contribution in [-0.4, -0.2) is 18.2 Å². The first-order valence-corrected chi connectivity index (χ1v) is 5.51. The molecule has 2 N–H and O–H groups in total. The molecule has 1 aromatic carbocycles. The fourth-order valence-electron chi connectivity index (χ4n) is 1.40. The van der Waals surface area contributed by atoms with Crippen LogP contribution in [0.25, 0.3) is 0 Å². The van der Waals surface area contributed by atoms with E-state index in [1.165, 1.54) is 19.2 Å². The van der Waals surface area contributed by atoms with Crippen LogP contribution in [0.2, 0.25) is 0 Å². The number of rotatable bonds is 3. The van der Waals surface area contributed by atoms with Gasteiger partial charge in [0.1, 0.15) is 11.6 Å². The molecule has 0 bridgehead atoms. The maximum atomic E-state index is 12.7. The van der Waals surface area contributed by atoms with Crippen LogP contribution in [0.4, 0.5) is 26.4 Å². The highest BCUT2D eigenvalue weighted by molar-refractivity contribution is 5.83. The Morgan fingerprint density at radius 3 is 2.42 bits per heavy atom. The van der Waals surface area contributed by atoms with E-state index in [0.29, 0.717) is 5.82 Å². The normalized spacial score (nSPS) is 9.79. The number of anilines is 3. The van der Waals surface area contributed by atoms with Crippen LogP contribution in [0.3, 0.4) is 0 Å². The molecule has 0 atom stereocenters. The molecule has 1 aromatic heterocycles. The Kier molecular flexibility index (Phi) is 3.92. The van der Waals surface area contributed by atoms with Gasteiger partial charge >= 0.3 is 6.09 Å². The molecule has 1 heterocycles. The first kappa shape index (κ1) is 12.8. The standard InChI is InChI=1S/C13H12FN3O2/c1-19-13(18)17-12-7-6-11(8-15-12)16-10-4-2-9(14)3-5-10/h2-8,16H,1H3,(H,15,17,18). The third kappa shape index (κ3) is 3.67. The lowest BCUT2D eigenvalue weighted by Gasteiger charge is -2.07. The molecule has 0 aliphatic carbocycles. The minimum absolute atomic E-state index is 0.290. The quantitative estimate of drug-likeness (QED) is 0.890. The number of hydrogen-bond acceptors (Lipinski definition) is 4. The lowest BCUT2D eigenvalue weighted by Crippen LogP contribution is -2.11. The molecule has 2 aromatic rings. The van der Waals surface area contributed by atoms with Crippen molar-refractivity contribution in [1.29, 1.82) is 0 Å². The fourth-order valence-corrected chi connectivity index (χ4v) is 1.40. The molecule has 0 fully saturated rings. The molecule has 0 unspecified atom stereocenters. The van der Waals surface area contributed by atoms with Crippen LogP contribution in [0.15, 0.2) is 42.6 Å². The average Bonchev–Trinajstić information content (AvgIpc) is 2.43. The van der Waals surface area contributed by atoms with Gasteiger partial charge in [0.05, 0.1) is 19.0 Å². The molecule has 0 saturated heterocycles. The van der Waals surface area contributed by atoms with E-state index in [1.807, 2.05) is 0 Å². The number of hydrogen-bond donors (Lipinski definition) is 2. The number of ether oxygens (including phenoxy) is 1. The van der Waals surface area contributed by atoms with Gasteiger partial charge in [-0.05, 0) is 36.4 Å². The Morgan fingerprint density at radius 1 is 1.16 bits per heavy atom. The maximum absolute atomic E-state index is 12.7. The summed E-state index contributed by atoms with van der Waals surface area (Å²) in [6.07, 6.45) is 0.973. The van der Waals surface area contributed by atoms with Crippen LogP contribution >= 0.6 is 0 Å². The summed E-state index contributed by atoms with van der Waals surface area (Å²) >= 11 is 0. The third-order valence-corrected chi connectivity index (χ3v) is 2.31. The number of amides is 1. The molecular weight excluding hydrogens is 249 g/mol. The topological polar surface area (TPSA) is 63.2 Å². The van der Waals surface area contributed by atoms with Gasteiger partial charge in [0, 0.05) is 5.69 Å². The summed E-state index contributed by atoms with van der Waals surface area (Å²) in [5.74, 6) is 0.0952. The van der Waals surface area contributed by atoms with Gasteiger partial charge < -0.3 is 10.1 Å². The molecule has 2 rings (SSSR count). The number of pyridine rings is 1. The Hall–Kier alpha value is -2.63. The van der Waals surface area contributed by atoms with Crippen molar-refractivity contribution in [3.63, 3.8) is 0 Å². The lowest BCUT2D eigenvalue weighted by atomic mass is 10.3. The fraction of sp³-hybridized carbons (Fsp3) is 0.0769. The highest BCUT2D eigenvalue weighted by atomic mass is 19.1. The summed E-state index contributed by atoms with van der Waals surface area (Å²) in [6, 6.07) is 9.34. The van der Waals surface area contributed by atoms with Gasteiger partial charge in [-0.3, -0.25) is 5.32 Å². The molecule has 98 valence electrons. The molecule has 0 aliphatic heterocycles. The first-order valence-electron chi connectivity index (χ1n) is 5.51. The second kappa shape index (κ2) is 5.81. The van der Waals surface area contributed by atoms with Crippen molar-refractivity contribution in [2.45, 2.75) is 0 Å². The van der Waals surface area contributed by atoms with E-state index in [9.17, 15) is 9.18 Å². The van der Waals surface area contributed by atoms with Crippen molar-refractivity contribution in [2.75, 3.05) is 17.7 Å². The van der Waals surface area contributed by atoms with E-state index < -0.39 is 6.09 Å². The molecule has 1 amide bonds. The molecule has 6 heteroatoms. The number of benzene rings is 1. The zero-order valence-corrected chi connectivity index (χ0v) is 10.2. The van der Waals surface area contributed by atoms with Gasteiger partial charge in [0.25, 0.3) is 0 Å². The summed E-state index contributed by atoms with van der Waals surface area (Å²) in [7, 11) is 1.28. The maximum Gasteiger partial charge on any atom is 0.412 e. The van der Waals surface area contributed by atoms with E-state index in [1.54, 1.807) is 30.5 Å². The van der Waals surface area contributed by atoms with Gasteiger partial charge in [-0.25, -0.2) is 14.2 Å². The summed E-state index contributed by atoms with van der Waals surface area (Å²) in [5.41, 5.74) is 1.47. The summed E-state index contributed by atoms with van der Waals surface area (Å²) < 4.78 is 17.2. The van der Waals surface area contributed by atoms with Crippen molar-refractivity contribution in [3.8, 4) is 0 Å². The van der Waals surface area contributed by atoms with Crippen LogP contribution in [-0.2, 0) is 4.74 Å². The van der Waals surface area contributed by atoms with E-state index in [0.717, 1.165) is 11.4 Å². The number of nitrogens with zero attached hydrogens (tertiary/aromatic N) is 1. The van der Waals surface area contributed by atoms with Gasteiger partial charge in [0.15, 0.2) is 0 Å². The minimum atomic E-state index is -0.577. The smallest absolute Gasteiger partial charge is 0.412 e. The first-order chi connectivity index (χ1) is 9.17. The molecule has 19 heavy (non-hydrogen) atoms. The van der Waals surface area contributed by atoms with E-state index in [-0.39, 0.29) is 5.82 Å². The molecule has 0 saturated carbocycles. The molecule has 5 nitrogen and oxygen atoms in total. The molecule has 0 spiro atoms. The number of methoxy groups -OCH3 is 1.